The van der Waals surface area contributed by atoms with E-state index in [0.29, 0.717) is 13.0 Å². The summed E-state index contributed by atoms with van der Waals surface area (Å²) in [7, 11) is 0. The number of likely N-dealkylation sites (tertiary alicyclic amines) is 1. The van der Waals surface area contributed by atoms with Crippen LogP contribution in [0.25, 0.3) is 0 Å². The molecule has 2 rings (SSSR count). The van der Waals surface area contributed by atoms with Crippen LogP contribution in [-0.2, 0) is 14.3 Å². The third-order valence-electron chi connectivity index (χ3n) is 4.47. The summed E-state index contributed by atoms with van der Waals surface area (Å²) in [5.41, 5.74) is -0.569. The molecule has 0 radical (unpaired) electrons. The molecule has 2 atom stereocenters. The first-order valence-electron chi connectivity index (χ1n) is 8.75. The molecule has 6 heteroatoms. The molecule has 1 amide bonds. The number of nitrogens with zero attached hydrogens (tertiary/aromatic N) is 1. The van der Waals surface area contributed by atoms with E-state index in [1.54, 1.807) is 4.90 Å². The van der Waals surface area contributed by atoms with E-state index in [0.717, 1.165) is 32.1 Å². The Morgan fingerprint density at radius 1 is 1.13 bits per heavy atom. The van der Waals surface area contributed by atoms with E-state index >= 15 is 0 Å². The van der Waals surface area contributed by atoms with E-state index in [4.69, 9.17) is 4.74 Å². The van der Waals surface area contributed by atoms with Gasteiger partial charge in [-0.15, -0.1) is 0 Å². The summed E-state index contributed by atoms with van der Waals surface area (Å²) in [4.78, 5) is 26.1. The van der Waals surface area contributed by atoms with Gasteiger partial charge in [-0.1, -0.05) is 19.3 Å². The van der Waals surface area contributed by atoms with Crippen LogP contribution in [0.3, 0.4) is 0 Å². The van der Waals surface area contributed by atoms with Crippen LogP contribution in [0.1, 0.15) is 65.7 Å². The Bertz CT molecular complexity index is 427. The number of aliphatic hydroxyl groups excluding tert-OH is 1. The lowest BCUT2D eigenvalue weighted by Gasteiger charge is -2.31. The van der Waals surface area contributed by atoms with Gasteiger partial charge in [0, 0.05) is 12.6 Å². The Morgan fingerprint density at radius 3 is 2.39 bits per heavy atom. The number of ether oxygens (including phenoxy) is 1. The number of hydrogen-bond donors (Lipinski definition) is 2. The lowest BCUT2D eigenvalue weighted by molar-refractivity contribution is -0.166. The summed E-state index contributed by atoms with van der Waals surface area (Å²) in [5.74, 6) is -0.758. The third-order valence-corrected chi connectivity index (χ3v) is 4.47. The molecule has 0 aromatic heterocycles. The fourth-order valence-corrected chi connectivity index (χ4v) is 3.38. The van der Waals surface area contributed by atoms with Gasteiger partial charge >= 0.3 is 5.97 Å². The van der Waals surface area contributed by atoms with E-state index in [1.165, 1.54) is 6.42 Å². The van der Waals surface area contributed by atoms with Crippen molar-refractivity contribution < 1.29 is 19.4 Å². The molecule has 2 N–H and O–H groups in total. The maximum atomic E-state index is 12.3. The van der Waals surface area contributed by atoms with Gasteiger partial charge < -0.3 is 15.2 Å². The van der Waals surface area contributed by atoms with Crippen LogP contribution in [0.4, 0.5) is 0 Å². The van der Waals surface area contributed by atoms with Crippen molar-refractivity contribution in [2.75, 3.05) is 6.54 Å². The van der Waals surface area contributed by atoms with Crippen LogP contribution in [-0.4, -0.2) is 52.3 Å². The summed E-state index contributed by atoms with van der Waals surface area (Å²) >= 11 is 0. The monoisotopic (exact) mass is 326 g/mol. The largest absolute Gasteiger partial charge is 0.459 e. The highest BCUT2D eigenvalue weighted by Gasteiger charge is 2.40. The van der Waals surface area contributed by atoms with Crippen LogP contribution in [0.5, 0.6) is 0 Å². The van der Waals surface area contributed by atoms with E-state index in [1.807, 2.05) is 20.8 Å². The van der Waals surface area contributed by atoms with Gasteiger partial charge in [0.1, 0.15) is 11.6 Å². The molecule has 1 heterocycles. The van der Waals surface area contributed by atoms with Gasteiger partial charge in [0.2, 0.25) is 0 Å². The van der Waals surface area contributed by atoms with Crippen molar-refractivity contribution in [2.24, 2.45) is 0 Å². The first kappa shape index (κ1) is 18.2. The second kappa shape index (κ2) is 7.62. The van der Waals surface area contributed by atoms with Crippen LogP contribution in [0.15, 0.2) is 0 Å². The summed E-state index contributed by atoms with van der Waals surface area (Å²) in [5, 5.41) is 13.3. The summed E-state index contributed by atoms with van der Waals surface area (Å²) in [6, 6.07) is -0.394. The third kappa shape index (κ3) is 5.18. The quantitative estimate of drug-likeness (QED) is 0.767. The van der Waals surface area contributed by atoms with Crippen LogP contribution in [0.2, 0.25) is 0 Å². The number of carbonyl (C=O) groups is 2. The average Bonchev–Trinajstić information content (AvgIpc) is 2.95. The normalized spacial score (nSPS) is 25.1. The summed E-state index contributed by atoms with van der Waals surface area (Å²) < 4.78 is 5.41. The number of nitrogens with one attached hydrogen (secondary N) is 1. The molecule has 0 aromatic rings. The fraction of sp³-hybridized carbons (Fsp3) is 0.882. The van der Waals surface area contributed by atoms with E-state index < -0.39 is 23.8 Å². The van der Waals surface area contributed by atoms with Crippen molar-refractivity contribution in [2.45, 2.75) is 89.6 Å². The number of aliphatic hydroxyl groups is 1. The highest BCUT2D eigenvalue weighted by molar-refractivity contribution is 5.82. The Kier molecular flexibility index (Phi) is 6.03. The zero-order valence-corrected chi connectivity index (χ0v) is 14.5. The van der Waals surface area contributed by atoms with Crippen molar-refractivity contribution in [1.82, 2.24) is 10.2 Å². The van der Waals surface area contributed by atoms with E-state index in [-0.39, 0.29) is 12.0 Å². The predicted octanol–water partition coefficient (Wildman–Crippen LogP) is 1.56. The first-order valence-corrected chi connectivity index (χ1v) is 8.75. The first-order chi connectivity index (χ1) is 10.8. The van der Waals surface area contributed by atoms with E-state index in [2.05, 4.69) is 5.32 Å². The minimum atomic E-state index is -1.28. The van der Waals surface area contributed by atoms with Crippen molar-refractivity contribution in [1.29, 1.82) is 0 Å². The van der Waals surface area contributed by atoms with Gasteiger partial charge in [0.15, 0.2) is 6.23 Å². The lowest BCUT2D eigenvalue weighted by atomic mass is 9.95. The van der Waals surface area contributed by atoms with Crippen LogP contribution < -0.4 is 5.32 Å². The molecule has 0 bridgehead atoms. The molecule has 6 nitrogen and oxygen atoms in total. The van der Waals surface area contributed by atoms with Gasteiger partial charge in [-0.2, -0.15) is 0 Å². The van der Waals surface area contributed by atoms with Gasteiger partial charge in [0.25, 0.3) is 5.91 Å². The Balaban J connectivity index is 1.92. The molecule has 1 aliphatic carbocycles. The minimum Gasteiger partial charge on any atom is -0.459 e. The summed E-state index contributed by atoms with van der Waals surface area (Å²) in [6.45, 7) is 5.98. The maximum Gasteiger partial charge on any atom is 0.323 e. The molecule has 1 aliphatic heterocycles. The molecule has 23 heavy (non-hydrogen) atoms. The van der Waals surface area contributed by atoms with Gasteiger partial charge in [-0.25, -0.2) is 0 Å². The topological polar surface area (TPSA) is 78.9 Å². The zero-order valence-electron chi connectivity index (χ0n) is 14.5. The predicted molar refractivity (Wildman–Crippen MR) is 86.6 cm³/mol. The van der Waals surface area contributed by atoms with Crippen molar-refractivity contribution in [3.05, 3.63) is 0 Å². The van der Waals surface area contributed by atoms with Crippen molar-refractivity contribution in [3.63, 3.8) is 0 Å². The smallest absolute Gasteiger partial charge is 0.323 e. The van der Waals surface area contributed by atoms with Crippen LogP contribution >= 0.6 is 0 Å². The van der Waals surface area contributed by atoms with Crippen molar-refractivity contribution >= 4 is 11.9 Å². The number of carbonyl (C=O) groups excluding carboxylic acids is 2. The second-order valence-corrected chi connectivity index (χ2v) is 7.65. The fourth-order valence-electron chi connectivity index (χ4n) is 3.38. The molecule has 2 fully saturated rings. The standard InChI is InChI=1S/C17H30N2O4/c1-17(2,3)23-16(22)13-10-7-11-19(13)15(21)14(20)18-12-8-5-4-6-9-12/h12-13,15,21H,4-11H2,1-3H3,(H,18,20). The second-order valence-electron chi connectivity index (χ2n) is 7.65. The lowest BCUT2D eigenvalue weighted by Crippen LogP contribution is -2.53. The Hall–Kier alpha value is -1.14. The summed E-state index contributed by atoms with van der Waals surface area (Å²) in [6.07, 6.45) is 5.48. The van der Waals surface area contributed by atoms with E-state index in [9.17, 15) is 14.7 Å². The Labute approximate surface area is 138 Å². The van der Waals surface area contributed by atoms with Gasteiger partial charge in [0.05, 0.1) is 0 Å². The average molecular weight is 326 g/mol. The molecule has 2 unspecified atom stereocenters. The molecular weight excluding hydrogens is 296 g/mol. The van der Waals surface area contributed by atoms with Crippen LogP contribution in [0, 0.1) is 0 Å². The molecule has 1 saturated heterocycles. The highest BCUT2D eigenvalue weighted by Crippen LogP contribution is 2.23. The number of amides is 1. The van der Waals surface area contributed by atoms with Gasteiger partial charge in [-0.05, 0) is 46.5 Å². The zero-order chi connectivity index (χ0) is 17.0. The highest BCUT2D eigenvalue weighted by atomic mass is 16.6. The number of esters is 1. The van der Waals surface area contributed by atoms with Gasteiger partial charge in [-0.3, -0.25) is 14.5 Å². The molecule has 0 aromatic carbocycles. The SMILES string of the molecule is CC(C)(C)OC(=O)C1CCCN1C(O)C(=O)NC1CCCCC1. The van der Waals surface area contributed by atoms with Crippen molar-refractivity contribution in [3.8, 4) is 0 Å². The number of hydrogen-bond acceptors (Lipinski definition) is 5. The molecule has 2 aliphatic rings. The molecule has 132 valence electrons. The molecular formula is C17H30N2O4. The molecule has 1 saturated carbocycles. The maximum absolute atomic E-state index is 12.3. The number of rotatable bonds is 4. The Morgan fingerprint density at radius 2 is 1.78 bits per heavy atom. The molecule has 0 spiro atoms. The minimum absolute atomic E-state index is 0.147.